The Hall–Kier alpha value is -2.99. The molecule has 0 aliphatic rings. The first-order valence-corrected chi connectivity index (χ1v) is 10.9. The number of thiophene rings is 1. The highest BCUT2D eigenvalue weighted by atomic mass is 32.1. The molecular formula is C24H25N3O2S. The molecule has 0 saturated heterocycles. The van der Waals surface area contributed by atoms with Crippen LogP contribution in [0.15, 0.2) is 41.2 Å². The summed E-state index contributed by atoms with van der Waals surface area (Å²) in [5.74, 6) is -0.222. The molecule has 0 aliphatic carbocycles. The number of anilines is 1. The zero-order chi connectivity index (χ0) is 21.6. The van der Waals surface area contributed by atoms with Crippen LogP contribution in [-0.2, 0) is 4.79 Å². The quantitative estimate of drug-likeness (QED) is 0.479. The fourth-order valence-corrected chi connectivity index (χ4v) is 5.28. The lowest BCUT2D eigenvalue weighted by Gasteiger charge is -2.19. The van der Waals surface area contributed by atoms with Crippen LogP contribution in [0.4, 0.5) is 5.69 Å². The predicted octanol–water partition coefficient (Wildman–Crippen LogP) is 5.43. The summed E-state index contributed by atoms with van der Waals surface area (Å²) in [6, 6.07) is 11.3. The van der Waals surface area contributed by atoms with E-state index in [1.165, 1.54) is 4.68 Å². The zero-order valence-corrected chi connectivity index (χ0v) is 18.7. The molecule has 2 aromatic heterocycles. The molecule has 0 aliphatic heterocycles. The topological polar surface area (TPSA) is 64.0 Å². The van der Waals surface area contributed by atoms with Gasteiger partial charge in [0.25, 0.3) is 5.56 Å². The number of nitrogens with one attached hydrogen (secondary N) is 1. The van der Waals surface area contributed by atoms with E-state index in [0.717, 1.165) is 42.9 Å². The Morgan fingerprint density at radius 2 is 1.80 bits per heavy atom. The van der Waals surface area contributed by atoms with Gasteiger partial charge in [-0.05, 0) is 51.3 Å². The molecule has 1 atom stereocenters. The Kier molecular flexibility index (Phi) is 5.20. The van der Waals surface area contributed by atoms with E-state index < -0.39 is 6.04 Å². The molecule has 30 heavy (non-hydrogen) atoms. The molecule has 4 aromatic rings. The normalized spacial score (nSPS) is 12.4. The molecule has 0 fully saturated rings. The maximum atomic E-state index is 13.4. The summed E-state index contributed by atoms with van der Waals surface area (Å²) in [7, 11) is 0. The first kappa shape index (κ1) is 20.3. The van der Waals surface area contributed by atoms with E-state index in [4.69, 9.17) is 0 Å². The monoisotopic (exact) mass is 419 g/mol. The lowest BCUT2D eigenvalue weighted by atomic mass is 10.0. The largest absolute Gasteiger partial charge is 0.324 e. The minimum atomic E-state index is -0.681. The van der Waals surface area contributed by atoms with E-state index >= 15 is 0 Å². The molecule has 0 radical (unpaired) electrons. The number of aryl methyl sites for hydroxylation is 4. The third-order valence-electron chi connectivity index (χ3n) is 5.51. The minimum absolute atomic E-state index is 0.215. The number of amides is 1. The van der Waals surface area contributed by atoms with Gasteiger partial charge in [-0.25, -0.2) is 4.68 Å². The molecule has 2 heterocycles. The highest BCUT2D eigenvalue weighted by Crippen LogP contribution is 2.33. The van der Waals surface area contributed by atoms with E-state index in [2.05, 4.69) is 10.4 Å². The summed E-state index contributed by atoms with van der Waals surface area (Å²) in [6.45, 7) is 9.79. The maximum Gasteiger partial charge on any atom is 0.276 e. The third-order valence-corrected chi connectivity index (χ3v) is 6.79. The van der Waals surface area contributed by atoms with Crippen molar-refractivity contribution in [2.75, 3.05) is 5.32 Å². The maximum absolute atomic E-state index is 13.4. The van der Waals surface area contributed by atoms with Crippen LogP contribution in [0.5, 0.6) is 0 Å². The van der Waals surface area contributed by atoms with E-state index in [9.17, 15) is 9.59 Å². The number of nitrogens with zero attached hydrogens (tertiary/aromatic N) is 2. The summed E-state index contributed by atoms with van der Waals surface area (Å²) < 4.78 is 3.30. The number of carbonyl (C=O) groups is 1. The number of hydrogen-bond donors (Lipinski definition) is 1. The summed E-state index contributed by atoms with van der Waals surface area (Å²) in [5.41, 5.74) is 4.51. The number of fused-ring (bicyclic) bond motifs is 3. The molecule has 5 nitrogen and oxygen atoms in total. The second kappa shape index (κ2) is 7.69. The van der Waals surface area contributed by atoms with E-state index in [1.54, 1.807) is 11.3 Å². The fourth-order valence-electron chi connectivity index (χ4n) is 4.14. The van der Waals surface area contributed by atoms with Crippen molar-refractivity contribution in [2.45, 2.75) is 47.1 Å². The third kappa shape index (κ3) is 3.31. The molecule has 4 rings (SSSR count). The van der Waals surface area contributed by atoms with Gasteiger partial charge in [0.1, 0.15) is 6.04 Å². The fraction of sp³-hybridized carbons (Fsp3) is 0.292. The number of hydrogen-bond acceptors (Lipinski definition) is 4. The Balaban J connectivity index is 1.82. The van der Waals surface area contributed by atoms with Gasteiger partial charge in [0.15, 0.2) is 0 Å². The van der Waals surface area contributed by atoms with Crippen molar-refractivity contribution < 1.29 is 4.79 Å². The Morgan fingerprint density at radius 3 is 2.47 bits per heavy atom. The minimum Gasteiger partial charge on any atom is -0.324 e. The molecule has 0 unspecified atom stereocenters. The average Bonchev–Trinajstić information content (AvgIpc) is 3.09. The SMILES string of the molecule is CC[C@H](C(=O)Nc1c(C)cc(C)cc1C)n1nc(C)c2sc3ccccc3c2c1=O. The number of carbonyl (C=O) groups excluding carboxylic acids is 1. The zero-order valence-electron chi connectivity index (χ0n) is 17.9. The summed E-state index contributed by atoms with van der Waals surface area (Å²) in [4.78, 5) is 26.6. The van der Waals surface area contributed by atoms with Crippen molar-refractivity contribution in [3.05, 3.63) is 69.1 Å². The molecule has 0 bridgehead atoms. The van der Waals surface area contributed by atoms with Crippen molar-refractivity contribution in [3.63, 3.8) is 0 Å². The molecule has 2 aromatic carbocycles. The summed E-state index contributed by atoms with van der Waals surface area (Å²) >= 11 is 1.57. The molecule has 154 valence electrons. The average molecular weight is 420 g/mol. The number of benzene rings is 2. The van der Waals surface area contributed by atoms with Gasteiger partial charge >= 0.3 is 0 Å². The molecular weight excluding hydrogens is 394 g/mol. The molecule has 1 amide bonds. The van der Waals surface area contributed by atoms with Gasteiger partial charge in [-0.2, -0.15) is 5.10 Å². The van der Waals surface area contributed by atoms with Gasteiger partial charge in [0, 0.05) is 15.8 Å². The van der Waals surface area contributed by atoms with Crippen LogP contribution >= 0.6 is 11.3 Å². The van der Waals surface area contributed by atoms with E-state index in [1.807, 2.05) is 71.0 Å². The van der Waals surface area contributed by atoms with Crippen molar-refractivity contribution in [2.24, 2.45) is 0 Å². The Morgan fingerprint density at radius 1 is 1.13 bits per heavy atom. The summed E-state index contributed by atoms with van der Waals surface area (Å²) in [5, 5.41) is 9.16. The van der Waals surface area contributed by atoms with E-state index in [0.29, 0.717) is 11.8 Å². The molecule has 6 heteroatoms. The first-order valence-electron chi connectivity index (χ1n) is 10.1. The van der Waals surface area contributed by atoms with Crippen molar-refractivity contribution in [1.29, 1.82) is 0 Å². The Bertz CT molecular complexity index is 1330. The van der Waals surface area contributed by atoms with Crippen molar-refractivity contribution in [1.82, 2.24) is 9.78 Å². The highest BCUT2D eigenvalue weighted by molar-refractivity contribution is 7.26. The van der Waals surface area contributed by atoms with Crippen LogP contribution in [0.1, 0.15) is 41.8 Å². The second-order valence-corrected chi connectivity index (χ2v) is 8.88. The lowest BCUT2D eigenvalue weighted by Crippen LogP contribution is -2.35. The van der Waals surface area contributed by atoms with Crippen LogP contribution in [-0.4, -0.2) is 15.7 Å². The van der Waals surface area contributed by atoms with Crippen molar-refractivity contribution >= 4 is 43.1 Å². The second-order valence-electron chi connectivity index (χ2n) is 7.82. The van der Waals surface area contributed by atoms with Gasteiger partial charge in [-0.3, -0.25) is 9.59 Å². The van der Waals surface area contributed by atoms with Gasteiger partial charge in [0.2, 0.25) is 5.91 Å². The standard InChI is InChI=1S/C24H25N3O2S/c1-6-18(23(28)25-21-14(3)11-13(2)12-15(21)4)27-24(29)20-17-9-7-8-10-19(17)30-22(20)16(5)26-27/h7-12,18H,6H2,1-5H3,(H,25,28)/t18-/m1/s1. The van der Waals surface area contributed by atoms with Gasteiger partial charge in [-0.15, -0.1) is 11.3 Å². The van der Waals surface area contributed by atoms with Crippen LogP contribution in [0.2, 0.25) is 0 Å². The highest BCUT2D eigenvalue weighted by Gasteiger charge is 2.25. The molecule has 1 N–H and O–H groups in total. The molecule has 0 spiro atoms. The predicted molar refractivity (Wildman–Crippen MR) is 125 cm³/mol. The van der Waals surface area contributed by atoms with Crippen LogP contribution < -0.4 is 10.9 Å². The first-order chi connectivity index (χ1) is 14.3. The molecule has 0 saturated carbocycles. The van der Waals surface area contributed by atoms with E-state index in [-0.39, 0.29) is 11.5 Å². The van der Waals surface area contributed by atoms with Gasteiger partial charge in [0.05, 0.1) is 15.8 Å². The summed E-state index contributed by atoms with van der Waals surface area (Å²) in [6.07, 6.45) is 0.468. The number of aromatic nitrogens is 2. The lowest BCUT2D eigenvalue weighted by molar-refractivity contribution is -0.119. The van der Waals surface area contributed by atoms with Gasteiger partial charge < -0.3 is 5.32 Å². The van der Waals surface area contributed by atoms with Crippen molar-refractivity contribution in [3.8, 4) is 0 Å². The van der Waals surface area contributed by atoms with Crippen LogP contribution in [0.25, 0.3) is 20.2 Å². The van der Waals surface area contributed by atoms with Gasteiger partial charge in [-0.1, -0.05) is 42.8 Å². The smallest absolute Gasteiger partial charge is 0.276 e. The van der Waals surface area contributed by atoms with Crippen LogP contribution in [0.3, 0.4) is 0 Å². The van der Waals surface area contributed by atoms with Crippen LogP contribution in [0, 0.1) is 27.7 Å². The Labute approximate surface area is 179 Å². The number of rotatable bonds is 4.